The second kappa shape index (κ2) is 9.26. The summed E-state index contributed by atoms with van der Waals surface area (Å²) in [5, 5.41) is 3.52. The highest BCUT2D eigenvalue weighted by molar-refractivity contribution is 7.89. The van der Waals surface area contributed by atoms with Crippen molar-refractivity contribution in [2.75, 3.05) is 40.9 Å². The van der Waals surface area contributed by atoms with Gasteiger partial charge in [-0.15, -0.1) is 0 Å². The van der Waals surface area contributed by atoms with Gasteiger partial charge in [-0.3, -0.25) is 0 Å². The van der Waals surface area contributed by atoms with Crippen LogP contribution >= 0.6 is 11.3 Å². The molecule has 1 fully saturated rings. The summed E-state index contributed by atoms with van der Waals surface area (Å²) < 4.78 is 37.9. The maximum absolute atomic E-state index is 12.8. The standard InChI is InChI=1S/C20H28N2O4S2/c1-21(11-8-16-6-7-19(25-2)20(13-16)26-3)17-5-4-10-22(14-17)28(23,24)18-9-12-27-15-18/h6-7,9,12-13,15,17H,4-5,8,10-11,14H2,1-3H3. The third-order valence-corrected chi connectivity index (χ3v) is 8.01. The maximum Gasteiger partial charge on any atom is 0.243 e. The van der Waals surface area contributed by atoms with Gasteiger partial charge in [0.25, 0.3) is 0 Å². The number of benzene rings is 1. The van der Waals surface area contributed by atoms with E-state index in [9.17, 15) is 8.42 Å². The third kappa shape index (κ3) is 4.68. The molecule has 8 heteroatoms. The fraction of sp³-hybridized carbons (Fsp3) is 0.500. The summed E-state index contributed by atoms with van der Waals surface area (Å²) >= 11 is 1.41. The lowest BCUT2D eigenvalue weighted by Gasteiger charge is -2.37. The van der Waals surface area contributed by atoms with Crippen LogP contribution in [0, 0.1) is 0 Å². The van der Waals surface area contributed by atoms with E-state index in [0.717, 1.165) is 37.3 Å². The van der Waals surface area contributed by atoms with Gasteiger partial charge in [-0.25, -0.2) is 8.42 Å². The number of ether oxygens (including phenoxy) is 2. The van der Waals surface area contributed by atoms with Crippen molar-refractivity contribution in [2.45, 2.75) is 30.2 Å². The maximum atomic E-state index is 12.8. The molecule has 28 heavy (non-hydrogen) atoms. The minimum absolute atomic E-state index is 0.224. The molecule has 1 aliphatic rings. The van der Waals surface area contributed by atoms with Crippen LogP contribution in [0.3, 0.4) is 0 Å². The molecule has 0 N–H and O–H groups in total. The summed E-state index contributed by atoms with van der Waals surface area (Å²) in [7, 11) is 1.96. The van der Waals surface area contributed by atoms with Crippen molar-refractivity contribution >= 4 is 21.4 Å². The van der Waals surface area contributed by atoms with Crippen molar-refractivity contribution in [3.63, 3.8) is 0 Å². The van der Waals surface area contributed by atoms with E-state index in [4.69, 9.17) is 9.47 Å². The number of thiophene rings is 1. The molecule has 0 saturated carbocycles. The average molecular weight is 425 g/mol. The summed E-state index contributed by atoms with van der Waals surface area (Å²) in [5.41, 5.74) is 1.17. The average Bonchev–Trinajstić information content (AvgIpc) is 3.27. The van der Waals surface area contributed by atoms with Gasteiger partial charge in [0.2, 0.25) is 10.0 Å². The molecule has 0 radical (unpaired) electrons. The Balaban J connectivity index is 1.61. The summed E-state index contributed by atoms with van der Waals surface area (Å²) in [6.07, 6.45) is 2.76. The lowest BCUT2D eigenvalue weighted by Crippen LogP contribution is -2.48. The van der Waals surface area contributed by atoms with Crippen LogP contribution in [0.1, 0.15) is 18.4 Å². The molecule has 6 nitrogen and oxygen atoms in total. The van der Waals surface area contributed by atoms with E-state index in [2.05, 4.69) is 11.9 Å². The lowest BCUT2D eigenvalue weighted by molar-refractivity contribution is 0.164. The Hall–Kier alpha value is -1.61. The Morgan fingerprint density at radius 3 is 2.68 bits per heavy atom. The number of hydrogen-bond donors (Lipinski definition) is 0. The summed E-state index contributed by atoms with van der Waals surface area (Å²) in [4.78, 5) is 2.68. The minimum Gasteiger partial charge on any atom is -0.493 e. The van der Waals surface area contributed by atoms with Crippen molar-refractivity contribution < 1.29 is 17.9 Å². The van der Waals surface area contributed by atoms with E-state index in [1.807, 2.05) is 23.6 Å². The van der Waals surface area contributed by atoms with Crippen molar-refractivity contribution in [3.8, 4) is 11.5 Å². The molecule has 1 saturated heterocycles. The zero-order valence-electron chi connectivity index (χ0n) is 16.6. The number of likely N-dealkylation sites (N-methyl/N-ethyl adjacent to an activating group) is 1. The van der Waals surface area contributed by atoms with Crippen LogP contribution in [-0.4, -0.2) is 64.6 Å². The van der Waals surface area contributed by atoms with Crippen LogP contribution in [0.4, 0.5) is 0 Å². The van der Waals surface area contributed by atoms with Crippen LogP contribution < -0.4 is 9.47 Å². The molecule has 0 bridgehead atoms. The number of rotatable bonds is 8. The Kier molecular flexibility index (Phi) is 6.98. The third-order valence-electron chi connectivity index (χ3n) is 5.32. The predicted octanol–water partition coefficient (Wildman–Crippen LogP) is 3.09. The fourth-order valence-electron chi connectivity index (χ4n) is 3.57. The molecule has 2 aromatic rings. The SMILES string of the molecule is COc1ccc(CCN(C)C2CCCN(S(=O)(=O)c3ccsc3)C2)cc1OC. The van der Waals surface area contributed by atoms with Crippen molar-refractivity contribution in [1.29, 1.82) is 0 Å². The highest BCUT2D eigenvalue weighted by atomic mass is 32.2. The predicted molar refractivity (Wildman–Crippen MR) is 112 cm³/mol. The first-order valence-corrected chi connectivity index (χ1v) is 11.8. The summed E-state index contributed by atoms with van der Waals surface area (Å²) in [6, 6.07) is 7.88. The lowest BCUT2D eigenvalue weighted by atomic mass is 10.1. The number of sulfonamides is 1. The molecule has 0 spiro atoms. The van der Waals surface area contributed by atoms with E-state index in [1.54, 1.807) is 30.0 Å². The van der Waals surface area contributed by atoms with Gasteiger partial charge in [0.15, 0.2) is 11.5 Å². The van der Waals surface area contributed by atoms with E-state index in [-0.39, 0.29) is 6.04 Å². The molecule has 2 heterocycles. The van der Waals surface area contributed by atoms with Gasteiger partial charge in [0, 0.05) is 31.1 Å². The van der Waals surface area contributed by atoms with Gasteiger partial charge < -0.3 is 14.4 Å². The molecule has 1 atom stereocenters. The van der Waals surface area contributed by atoms with Crippen LogP contribution in [0.15, 0.2) is 39.9 Å². The van der Waals surface area contributed by atoms with E-state index in [1.165, 1.54) is 16.9 Å². The molecule has 1 aromatic carbocycles. The van der Waals surface area contributed by atoms with E-state index < -0.39 is 10.0 Å². The molecule has 154 valence electrons. The second-order valence-electron chi connectivity index (χ2n) is 7.04. The molecular formula is C20H28N2O4S2. The Morgan fingerprint density at radius 1 is 1.21 bits per heavy atom. The molecule has 1 unspecified atom stereocenters. The first-order chi connectivity index (χ1) is 13.5. The van der Waals surface area contributed by atoms with Gasteiger partial charge in [-0.2, -0.15) is 15.6 Å². The topological polar surface area (TPSA) is 59.1 Å². The summed E-state index contributed by atoms with van der Waals surface area (Å²) in [6.45, 7) is 1.99. The number of hydrogen-bond acceptors (Lipinski definition) is 6. The quantitative estimate of drug-likeness (QED) is 0.652. The first kappa shape index (κ1) is 21.1. The second-order valence-corrected chi connectivity index (χ2v) is 9.76. The molecular weight excluding hydrogens is 396 g/mol. The fourth-order valence-corrected chi connectivity index (χ4v) is 6.10. The molecule has 1 aromatic heterocycles. The van der Waals surface area contributed by atoms with Crippen LogP contribution in [-0.2, 0) is 16.4 Å². The highest BCUT2D eigenvalue weighted by Crippen LogP contribution is 2.28. The van der Waals surface area contributed by atoms with Gasteiger partial charge >= 0.3 is 0 Å². The molecule has 0 amide bonds. The number of nitrogens with zero attached hydrogens (tertiary/aromatic N) is 2. The van der Waals surface area contributed by atoms with Crippen molar-refractivity contribution in [2.24, 2.45) is 0 Å². The van der Waals surface area contributed by atoms with Crippen molar-refractivity contribution in [1.82, 2.24) is 9.21 Å². The van der Waals surface area contributed by atoms with Crippen LogP contribution in [0.25, 0.3) is 0 Å². The van der Waals surface area contributed by atoms with Gasteiger partial charge in [-0.1, -0.05) is 6.07 Å². The van der Waals surface area contributed by atoms with Crippen LogP contribution in [0.5, 0.6) is 11.5 Å². The Labute approximate surface area is 171 Å². The van der Waals surface area contributed by atoms with E-state index in [0.29, 0.717) is 18.0 Å². The number of methoxy groups -OCH3 is 2. The van der Waals surface area contributed by atoms with Crippen molar-refractivity contribution in [3.05, 3.63) is 40.6 Å². The normalized spacial score (nSPS) is 18.4. The van der Waals surface area contributed by atoms with E-state index >= 15 is 0 Å². The first-order valence-electron chi connectivity index (χ1n) is 9.39. The Bertz CT molecular complexity index is 868. The zero-order valence-corrected chi connectivity index (χ0v) is 18.3. The largest absolute Gasteiger partial charge is 0.493 e. The van der Waals surface area contributed by atoms with Gasteiger partial charge in [0.1, 0.15) is 0 Å². The molecule has 3 rings (SSSR count). The van der Waals surface area contributed by atoms with Gasteiger partial charge in [0.05, 0.1) is 19.1 Å². The monoisotopic (exact) mass is 424 g/mol. The van der Waals surface area contributed by atoms with Gasteiger partial charge in [-0.05, 0) is 55.5 Å². The molecule has 0 aliphatic carbocycles. The summed E-state index contributed by atoms with van der Waals surface area (Å²) in [5.74, 6) is 1.45. The smallest absolute Gasteiger partial charge is 0.243 e. The zero-order chi connectivity index (χ0) is 20.1. The Morgan fingerprint density at radius 2 is 2.00 bits per heavy atom. The highest BCUT2D eigenvalue weighted by Gasteiger charge is 2.31. The minimum atomic E-state index is -3.38. The van der Waals surface area contributed by atoms with Crippen LogP contribution in [0.2, 0.25) is 0 Å². The number of piperidine rings is 1. The molecule has 1 aliphatic heterocycles.